The molecule has 38 heavy (non-hydrogen) atoms. The number of fused-ring (bicyclic) bond motifs is 1. The Morgan fingerprint density at radius 1 is 1.16 bits per heavy atom. The Balaban J connectivity index is 1.83. The molecule has 13 nitrogen and oxygen atoms in total. The predicted molar refractivity (Wildman–Crippen MR) is 130 cm³/mol. The second kappa shape index (κ2) is 10.4. The van der Waals surface area contributed by atoms with Gasteiger partial charge in [0.15, 0.2) is 17.0 Å². The molecule has 0 aliphatic carbocycles. The van der Waals surface area contributed by atoms with Crippen molar-refractivity contribution in [1.29, 1.82) is 0 Å². The summed E-state index contributed by atoms with van der Waals surface area (Å²) in [5.41, 5.74) is -1.49. The summed E-state index contributed by atoms with van der Waals surface area (Å²) in [6, 6.07) is 4.92. The predicted octanol–water partition coefficient (Wildman–Crippen LogP) is 2.10. The van der Waals surface area contributed by atoms with Crippen LogP contribution in [0.4, 0.5) is 4.39 Å². The average Bonchev–Trinajstić information content (AvgIpc) is 3.33. The Kier molecular flexibility index (Phi) is 7.85. The van der Waals surface area contributed by atoms with E-state index in [0.29, 0.717) is 0 Å². The molecule has 1 N–H and O–H groups in total. The van der Waals surface area contributed by atoms with Crippen molar-refractivity contribution in [3.8, 4) is 0 Å². The molecule has 2 saturated heterocycles. The summed E-state index contributed by atoms with van der Waals surface area (Å²) in [7, 11) is -10.2. The van der Waals surface area contributed by atoms with E-state index < -0.39 is 75.2 Å². The normalized spacial score (nSPS) is 26.7. The molecule has 1 unspecified atom stereocenters. The minimum absolute atomic E-state index is 0.319. The largest absolute Gasteiger partial charge is 0.383 e. The zero-order valence-electron chi connectivity index (χ0n) is 21.1. The first-order valence-electron chi connectivity index (χ1n) is 11.8. The minimum Gasteiger partial charge on any atom is -0.349 e. The lowest BCUT2D eigenvalue weighted by molar-refractivity contribution is -0.199. The smallest absolute Gasteiger partial charge is 0.349 e. The van der Waals surface area contributed by atoms with Crippen LogP contribution < -0.4 is 11.2 Å². The summed E-state index contributed by atoms with van der Waals surface area (Å²) >= 11 is 0. The molecule has 0 bridgehead atoms. The van der Waals surface area contributed by atoms with Gasteiger partial charge < -0.3 is 23.3 Å². The van der Waals surface area contributed by atoms with E-state index in [1.165, 1.54) is 32.2 Å². The lowest BCUT2D eigenvalue weighted by Crippen LogP contribution is -2.42. The van der Waals surface area contributed by atoms with E-state index in [2.05, 4.69) is 9.97 Å². The topological polar surface area (TPSA) is 165 Å². The van der Waals surface area contributed by atoms with Crippen molar-refractivity contribution in [3.63, 3.8) is 0 Å². The van der Waals surface area contributed by atoms with Gasteiger partial charge in [0.2, 0.25) is 9.84 Å². The Labute approximate surface area is 217 Å². The maximum Gasteiger partial charge on any atom is 0.383 e. The molecule has 16 heteroatoms. The highest BCUT2D eigenvalue weighted by molar-refractivity contribution is 7.99. The summed E-state index contributed by atoms with van der Waals surface area (Å²) in [4.78, 5) is 29.9. The number of nitrogens with zero attached hydrogens (tertiary/aromatic N) is 2. The number of ether oxygens (including phenoxy) is 3. The number of rotatable bonds is 10. The molecule has 2 aromatic rings. The zero-order valence-corrected chi connectivity index (χ0v) is 22.8. The molecular weight excluding hydrogens is 548 g/mol. The van der Waals surface area contributed by atoms with E-state index in [-0.39, 0.29) is 13.2 Å². The fraction of sp³-hybridized carbons (Fsp3) is 0.591. The van der Waals surface area contributed by atoms with E-state index in [0.717, 1.165) is 22.9 Å². The Hall–Kier alpha value is -2.26. The average molecular weight is 578 g/mol. The van der Waals surface area contributed by atoms with Crippen LogP contribution in [0, 0.1) is 0 Å². The number of nitrogens with one attached hydrogen (secondary N) is 1. The van der Waals surface area contributed by atoms with Gasteiger partial charge in [-0.3, -0.25) is 18.9 Å². The molecule has 0 radical (unpaired) electrons. The van der Waals surface area contributed by atoms with Crippen LogP contribution in [0.25, 0.3) is 0 Å². The van der Waals surface area contributed by atoms with Gasteiger partial charge in [-0.15, -0.1) is 0 Å². The molecule has 2 aliphatic rings. The monoisotopic (exact) mass is 577 g/mol. The highest BCUT2D eigenvalue weighted by Crippen LogP contribution is 2.67. The van der Waals surface area contributed by atoms with Gasteiger partial charge in [0.25, 0.3) is 5.56 Å². The van der Waals surface area contributed by atoms with E-state index in [9.17, 15) is 22.6 Å². The van der Waals surface area contributed by atoms with Crippen LogP contribution in [0.2, 0.25) is 0 Å². The van der Waals surface area contributed by atoms with Gasteiger partial charge in [0.1, 0.15) is 12.2 Å². The number of alkyl halides is 1. The van der Waals surface area contributed by atoms with Crippen LogP contribution >= 0.6 is 7.60 Å². The molecule has 2 fully saturated rings. The number of sulfone groups is 1. The van der Waals surface area contributed by atoms with Gasteiger partial charge in [0.05, 0.1) is 19.3 Å². The maximum absolute atomic E-state index is 17.2. The quantitative estimate of drug-likeness (QED) is 0.411. The van der Waals surface area contributed by atoms with Crippen molar-refractivity contribution in [3.05, 3.63) is 57.5 Å². The Bertz CT molecular complexity index is 1420. The molecule has 0 aromatic carbocycles. The standard InChI is InChI=1S/C22H29FN3O10PS/c1-5-32-37(29,33-6-2)22(23,38(30,31)16-9-7-8-11-24-16)13-14-17-18(36-21(3,4)35-17)19(34-14)26-12-10-15(27)25-20(26)28/h7-12,14,17-19H,5-6,13H2,1-4H3,(H,25,27,28)/t14-,17-,18-,19-,22?/m1/s1. The molecule has 0 spiro atoms. The van der Waals surface area contributed by atoms with Crippen molar-refractivity contribution < 1.29 is 40.6 Å². The van der Waals surface area contributed by atoms with Crippen molar-refractivity contribution in [2.45, 2.75) is 74.2 Å². The van der Waals surface area contributed by atoms with Gasteiger partial charge >= 0.3 is 18.0 Å². The second-order valence-corrected chi connectivity index (χ2v) is 13.6. The number of hydrogen-bond acceptors (Lipinski definition) is 11. The third-order valence-electron chi connectivity index (χ3n) is 6.04. The molecule has 2 aliphatic heterocycles. The van der Waals surface area contributed by atoms with Crippen molar-refractivity contribution >= 4 is 17.4 Å². The molecule has 4 rings (SSSR count). The van der Waals surface area contributed by atoms with Gasteiger partial charge in [-0.1, -0.05) is 6.07 Å². The molecule has 4 heterocycles. The first kappa shape index (κ1) is 28.7. The lowest BCUT2D eigenvalue weighted by atomic mass is 10.1. The summed E-state index contributed by atoms with van der Waals surface area (Å²) in [6.07, 6.45) is -3.52. The van der Waals surface area contributed by atoms with Crippen LogP contribution in [0.5, 0.6) is 0 Å². The van der Waals surface area contributed by atoms with Crippen LogP contribution in [-0.4, -0.2) is 65.0 Å². The molecule has 0 amide bonds. The Morgan fingerprint density at radius 2 is 1.82 bits per heavy atom. The highest BCUT2D eigenvalue weighted by Gasteiger charge is 2.67. The van der Waals surface area contributed by atoms with Gasteiger partial charge in [-0.05, 0) is 39.8 Å². The van der Waals surface area contributed by atoms with Crippen molar-refractivity contribution in [1.82, 2.24) is 14.5 Å². The zero-order chi connectivity index (χ0) is 27.9. The van der Waals surface area contributed by atoms with Gasteiger partial charge in [0, 0.05) is 24.9 Å². The van der Waals surface area contributed by atoms with Crippen LogP contribution in [0.1, 0.15) is 40.3 Å². The van der Waals surface area contributed by atoms with Crippen LogP contribution in [-0.2, 0) is 37.7 Å². The van der Waals surface area contributed by atoms with Gasteiger partial charge in [-0.2, -0.15) is 0 Å². The molecule has 5 atom stereocenters. The Morgan fingerprint density at radius 3 is 2.39 bits per heavy atom. The van der Waals surface area contributed by atoms with Crippen molar-refractivity contribution in [2.75, 3.05) is 13.2 Å². The summed E-state index contributed by atoms with van der Waals surface area (Å²) < 4.78 is 83.9. The fourth-order valence-corrected chi connectivity index (χ4v) is 9.01. The third kappa shape index (κ3) is 4.92. The minimum atomic E-state index is -5.13. The first-order chi connectivity index (χ1) is 17.8. The first-order valence-corrected chi connectivity index (χ1v) is 14.9. The number of pyridine rings is 1. The summed E-state index contributed by atoms with van der Waals surface area (Å²) in [6.45, 7) is 5.34. The highest BCUT2D eigenvalue weighted by atomic mass is 32.2. The number of aromatic amines is 1. The lowest BCUT2D eigenvalue weighted by Gasteiger charge is -2.34. The third-order valence-corrected chi connectivity index (χ3v) is 11.4. The molecule has 0 saturated carbocycles. The number of halogens is 1. The van der Waals surface area contributed by atoms with Crippen LogP contribution in [0.3, 0.4) is 0 Å². The number of aromatic nitrogens is 3. The van der Waals surface area contributed by atoms with E-state index in [4.69, 9.17) is 23.3 Å². The molecular formula is C22H29FN3O10PS. The maximum atomic E-state index is 17.2. The fourth-order valence-electron chi connectivity index (χ4n) is 4.53. The SMILES string of the molecule is CCOP(=O)(OCC)C(F)(C[C@H]1O[C@@H](n2ccc(=O)[nH]c2=O)[C@@H]2OC(C)(C)O[C@@H]21)S(=O)(=O)c1ccccn1. The van der Waals surface area contributed by atoms with E-state index in [1.807, 2.05) is 0 Å². The summed E-state index contributed by atoms with van der Waals surface area (Å²) in [5, 5.41) is -0.686. The van der Waals surface area contributed by atoms with E-state index in [1.54, 1.807) is 13.8 Å². The van der Waals surface area contributed by atoms with Gasteiger partial charge in [-0.25, -0.2) is 22.6 Å². The second-order valence-electron chi connectivity index (χ2n) is 9.04. The molecule has 2 aromatic heterocycles. The number of H-pyrrole nitrogens is 1. The van der Waals surface area contributed by atoms with Crippen LogP contribution in [0.15, 0.2) is 51.3 Å². The number of hydrogen-bond donors (Lipinski definition) is 1. The van der Waals surface area contributed by atoms with E-state index >= 15 is 4.39 Å². The summed E-state index contributed by atoms with van der Waals surface area (Å²) in [5.74, 6) is -1.22. The molecule has 210 valence electrons. The van der Waals surface area contributed by atoms with Crippen molar-refractivity contribution in [2.24, 2.45) is 0 Å².